The van der Waals surface area contributed by atoms with E-state index in [1.165, 1.54) is 26.4 Å². The van der Waals surface area contributed by atoms with Gasteiger partial charge >= 0.3 is 5.97 Å². The SMILES string of the molecule is CCCCCCOCC(O)CNC(C(=O)OC)C(C)C. The van der Waals surface area contributed by atoms with Crippen molar-refractivity contribution in [2.75, 3.05) is 26.9 Å². The van der Waals surface area contributed by atoms with Crippen LogP contribution in [0.3, 0.4) is 0 Å². The Hall–Kier alpha value is -0.650. The van der Waals surface area contributed by atoms with E-state index >= 15 is 0 Å². The molecule has 5 nitrogen and oxygen atoms in total. The third-order valence-corrected chi connectivity index (χ3v) is 3.15. The Kier molecular flexibility index (Phi) is 11.7. The van der Waals surface area contributed by atoms with Gasteiger partial charge in [0.15, 0.2) is 0 Å². The summed E-state index contributed by atoms with van der Waals surface area (Å²) in [6.07, 6.45) is 4.03. The topological polar surface area (TPSA) is 67.8 Å². The van der Waals surface area contributed by atoms with Crippen LogP contribution < -0.4 is 5.32 Å². The zero-order valence-electron chi connectivity index (χ0n) is 13.4. The normalized spacial score (nSPS) is 14.3. The molecule has 2 unspecified atom stereocenters. The summed E-state index contributed by atoms with van der Waals surface area (Å²) in [6.45, 7) is 7.35. The highest BCUT2D eigenvalue weighted by Crippen LogP contribution is 2.04. The smallest absolute Gasteiger partial charge is 0.323 e. The van der Waals surface area contributed by atoms with Crippen LogP contribution in [0.1, 0.15) is 46.5 Å². The molecule has 2 atom stereocenters. The number of esters is 1. The largest absolute Gasteiger partial charge is 0.468 e. The quantitative estimate of drug-likeness (QED) is 0.423. The number of hydrogen-bond donors (Lipinski definition) is 2. The number of nitrogens with one attached hydrogen (secondary N) is 1. The van der Waals surface area contributed by atoms with Crippen molar-refractivity contribution in [2.24, 2.45) is 5.92 Å². The molecule has 0 aromatic rings. The number of carbonyl (C=O) groups excluding carboxylic acids is 1. The monoisotopic (exact) mass is 289 g/mol. The molecule has 0 rings (SSSR count). The number of methoxy groups -OCH3 is 1. The molecule has 0 bridgehead atoms. The molecule has 0 aromatic heterocycles. The highest BCUT2D eigenvalue weighted by Gasteiger charge is 2.23. The number of rotatable bonds is 12. The fourth-order valence-corrected chi connectivity index (χ4v) is 1.89. The van der Waals surface area contributed by atoms with E-state index in [4.69, 9.17) is 9.47 Å². The van der Waals surface area contributed by atoms with Crippen molar-refractivity contribution >= 4 is 5.97 Å². The number of aliphatic hydroxyl groups excluding tert-OH is 1. The first-order chi connectivity index (χ1) is 9.52. The minimum atomic E-state index is -0.605. The summed E-state index contributed by atoms with van der Waals surface area (Å²) < 4.78 is 10.1. The van der Waals surface area contributed by atoms with Gasteiger partial charge in [-0.25, -0.2) is 0 Å². The van der Waals surface area contributed by atoms with Gasteiger partial charge in [-0.05, 0) is 12.3 Å². The lowest BCUT2D eigenvalue weighted by Gasteiger charge is -2.21. The molecule has 5 heteroatoms. The van der Waals surface area contributed by atoms with E-state index in [9.17, 15) is 9.90 Å². The second-order valence-electron chi connectivity index (χ2n) is 5.44. The van der Waals surface area contributed by atoms with E-state index in [0.29, 0.717) is 19.8 Å². The van der Waals surface area contributed by atoms with Crippen molar-refractivity contribution in [1.82, 2.24) is 5.32 Å². The number of carbonyl (C=O) groups is 1. The van der Waals surface area contributed by atoms with E-state index in [0.717, 1.165) is 6.42 Å². The lowest BCUT2D eigenvalue weighted by molar-refractivity contribution is -0.144. The van der Waals surface area contributed by atoms with E-state index < -0.39 is 6.10 Å². The van der Waals surface area contributed by atoms with Crippen LogP contribution in [0.2, 0.25) is 0 Å². The Morgan fingerprint density at radius 2 is 1.95 bits per heavy atom. The molecule has 20 heavy (non-hydrogen) atoms. The molecule has 0 heterocycles. The van der Waals surface area contributed by atoms with Gasteiger partial charge in [0.05, 0.1) is 19.8 Å². The summed E-state index contributed by atoms with van der Waals surface area (Å²) in [5, 5.41) is 12.8. The first-order valence-corrected chi connectivity index (χ1v) is 7.59. The molecule has 0 aromatic carbocycles. The van der Waals surface area contributed by atoms with Crippen molar-refractivity contribution < 1.29 is 19.4 Å². The predicted octanol–water partition coefficient (Wildman–Crippen LogP) is 1.73. The highest BCUT2D eigenvalue weighted by molar-refractivity contribution is 5.75. The number of ether oxygens (including phenoxy) is 2. The Balaban J connectivity index is 3.74. The lowest BCUT2D eigenvalue weighted by Crippen LogP contribution is -2.45. The molecular formula is C15H31NO4. The standard InChI is InChI=1S/C15H31NO4/c1-5-6-7-8-9-20-11-13(17)10-16-14(12(2)3)15(18)19-4/h12-14,16-17H,5-11H2,1-4H3. The molecule has 0 spiro atoms. The van der Waals surface area contributed by atoms with Gasteiger partial charge in [-0.1, -0.05) is 40.0 Å². The molecule has 0 aliphatic carbocycles. The average molecular weight is 289 g/mol. The van der Waals surface area contributed by atoms with Gasteiger partial charge in [-0.2, -0.15) is 0 Å². The highest BCUT2D eigenvalue weighted by atomic mass is 16.5. The molecule has 2 N–H and O–H groups in total. The van der Waals surface area contributed by atoms with Gasteiger partial charge in [-0.3, -0.25) is 4.79 Å². The van der Waals surface area contributed by atoms with E-state index in [1.54, 1.807) is 0 Å². The molecular weight excluding hydrogens is 258 g/mol. The average Bonchev–Trinajstić information content (AvgIpc) is 2.42. The molecule has 120 valence electrons. The summed E-state index contributed by atoms with van der Waals surface area (Å²) >= 11 is 0. The second-order valence-corrected chi connectivity index (χ2v) is 5.44. The van der Waals surface area contributed by atoms with Crippen molar-refractivity contribution in [3.8, 4) is 0 Å². The van der Waals surface area contributed by atoms with Gasteiger partial charge in [0.25, 0.3) is 0 Å². The van der Waals surface area contributed by atoms with Gasteiger partial charge in [-0.15, -0.1) is 0 Å². The van der Waals surface area contributed by atoms with Gasteiger partial charge in [0.1, 0.15) is 6.04 Å². The summed E-state index contributed by atoms with van der Waals surface area (Å²) in [6, 6.07) is -0.390. The first-order valence-electron chi connectivity index (χ1n) is 7.59. The Bertz CT molecular complexity index is 246. The van der Waals surface area contributed by atoms with Crippen molar-refractivity contribution in [3.63, 3.8) is 0 Å². The van der Waals surface area contributed by atoms with Crippen LogP contribution >= 0.6 is 0 Å². The maximum absolute atomic E-state index is 11.5. The van der Waals surface area contributed by atoms with Crippen LogP contribution in [0.4, 0.5) is 0 Å². The maximum Gasteiger partial charge on any atom is 0.323 e. The van der Waals surface area contributed by atoms with Gasteiger partial charge in [0, 0.05) is 13.2 Å². The Labute approximate surface area is 123 Å². The maximum atomic E-state index is 11.5. The van der Waals surface area contributed by atoms with Gasteiger partial charge < -0.3 is 19.9 Å². The number of hydrogen-bond acceptors (Lipinski definition) is 5. The van der Waals surface area contributed by atoms with Crippen LogP contribution in [0, 0.1) is 5.92 Å². The molecule has 0 fully saturated rings. The van der Waals surface area contributed by atoms with Crippen LogP contribution in [0.15, 0.2) is 0 Å². The summed E-state index contributed by atoms with van der Waals surface area (Å²) in [5.41, 5.74) is 0. The molecule has 0 radical (unpaired) electrons. The number of unbranched alkanes of at least 4 members (excludes halogenated alkanes) is 3. The van der Waals surface area contributed by atoms with Crippen LogP contribution in [0.5, 0.6) is 0 Å². The second kappa shape index (κ2) is 12.1. The fourth-order valence-electron chi connectivity index (χ4n) is 1.89. The molecule has 0 saturated heterocycles. The molecule has 0 aliphatic heterocycles. The van der Waals surface area contributed by atoms with Crippen LogP contribution in [-0.4, -0.2) is 50.1 Å². The van der Waals surface area contributed by atoms with Crippen molar-refractivity contribution in [1.29, 1.82) is 0 Å². The van der Waals surface area contributed by atoms with Crippen LogP contribution in [0.25, 0.3) is 0 Å². The Morgan fingerprint density at radius 1 is 1.25 bits per heavy atom. The van der Waals surface area contributed by atoms with Crippen molar-refractivity contribution in [3.05, 3.63) is 0 Å². The summed E-state index contributed by atoms with van der Waals surface area (Å²) in [5.74, 6) is -0.183. The third kappa shape index (κ3) is 9.28. The number of aliphatic hydroxyl groups is 1. The van der Waals surface area contributed by atoms with Crippen LogP contribution in [-0.2, 0) is 14.3 Å². The minimum Gasteiger partial charge on any atom is -0.468 e. The first kappa shape index (κ1) is 19.4. The zero-order chi connectivity index (χ0) is 15.4. The molecule has 0 amide bonds. The molecule has 0 aliphatic rings. The third-order valence-electron chi connectivity index (χ3n) is 3.15. The molecule has 0 saturated carbocycles. The van der Waals surface area contributed by atoms with E-state index in [1.807, 2.05) is 13.8 Å². The lowest BCUT2D eigenvalue weighted by atomic mass is 10.0. The Morgan fingerprint density at radius 3 is 2.50 bits per heavy atom. The summed E-state index contributed by atoms with van der Waals surface area (Å²) in [7, 11) is 1.37. The van der Waals surface area contributed by atoms with Crippen molar-refractivity contribution in [2.45, 2.75) is 58.6 Å². The predicted molar refractivity (Wildman–Crippen MR) is 79.6 cm³/mol. The fraction of sp³-hybridized carbons (Fsp3) is 0.933. The van der Waals surface area contributed by atoms with E-state index in [-0.39, 0.29) is 17.9 Å². The van der Waals surface area contributed by atoms with Gasteiger partial charge in [0.2, 0.25) is 0 Å². The summed E-state index contributed by atoms with van der Waals surface area (Å²) in [4.78, 5) is 11.5. The zero-order valence-corrected chi connectivity index (χ0v) is 13.4. The minimum absolute atomic E-state index is 0.115. The van der Waals surface area contributed by atoms with E-state index in [2.05, 4.69) is 12.2 Å².